The minimum Gasteiger partial charge on any atom is -0.478 e. The molecule has 2 heterocycles. The van der Waals surface area contributed by atoms with E-state index in [1.165, 1.54) is 6.92 Å². The summed E-state index contributed by atoms with van der Waals surface area (Å²) in [6, 6.07) is 14.3. The summed E-state index contributed by atoms with van der Waals surface area (Å²) in [6.45, 7) is 6.25. The van der Waals surface area contributed by atoms with Crippen molar-refractivity contribution in [1.82, 2.24) is 9.88 Å². The molecule has 0 aliphatic carbocycles. The van der Waals surface area contributed by atoms with Gasteiger partial charge >= 0.3 is 5.97 Å². The summed E-state index contributed by atoms with van der Waals surface area (Å²) >= 11 is 0. The number of carboxylic acids is 1. The van der Waals surface area contributed by atoms with Crippen molar-refractivity contribution in [2.75, 3.05) is 48.3 Å². The Kier molecular flexibility index (Phi) is 12.1. The maximum absolute atomic E-state index is 12.4. The molecule has 1 aliphatic heterocycles. The van der Waals surface area contributed by atoms with Crippen LogP contribution in [0.5, 0.6) is 0 Å². The van der Waals surface area contributed by atoms with Crippen molar-refractivity contribution in [3.63, 3.8) is 0 Å². The van der Waals surface area contributed by atoms with E-state index >= 15 is 0 Å². The summed E-state index contributed by atoms with van der Waals surface area (Å²) < 4.78 is 0. The molecule has 200 valence electrons. The Morgan fingerprint density at radius 1 is 0.892 bits per heavy atom. The molecule has 0 spiro atoms. The summed E-state index contributed by atoms with van der Waals surface area (Å²) in [7, 11) is 0. The minimum atomic E-state index is -1.06. The molecule has 37 heavy (non-hydrogen) atoms. The summed E-state index contributed by atoms with van der Waals surface area (Å²) in [6.07, 6.45) is 0. The van der Waals surface area contributed by atoms with Crippen molar-refractivity contribution in [3.8, 4) is 0 Å². The number of aryl methyl sites for hydroxylation is 1. The smallest absolute Gasteiger partial charge is 0.336 e. The first-order chi connectivity index (χ1) is 16.3. The van der Waals surface area contributed by atoms with Crippen LogP contribution < -0.4 is 15.5 Å². The van der Waals surface area contributed by atoms with Crippen molar-refractivity contribution in [1.29, 1.82) is 0 Å². The SMILES string of the molecule is CC(=O)Nc1ccc2nc(N3CCN(CC(=O)Nc4ccc(C)cc4)CC3)cc(C(=O)O)c2c1.Cl.Cl.Cl. The number of fused-ring (bicyclic) bond motifs is 1. The quantitative estimate of drug-likeness (QED) is 0.406. The summed E-state index contributed by atoms with van der Waals surface area (Å²) in [5, 5.41) is 15.8. The standard InChI is InChI=1S/C25H27N5O4.3ClH/c1-16-3-5-18(6-4-16)27-24(32)15-29-9-11-30(12-10-29)23-14-21(25(33)34)20-13-19(26-17(2)31)7-8-22(20)28-23;;;/h3-8,13-14H,9-12,15H2,1-2H3,(H,26,31)(H,27,32)(H,33,34);3*1H. The molecular formula is C25H30Cl3N5O4. The van der Waals surface area contributed by atoms with Gasteiger partial charge in [-0.2, -0.15) is 0 Å². The molecule has 1 saturated heterocycles. The number of carbonyl (C=O) groups is 3. The first kappa shape index (κ1) is 31.9. The molecule has 1 aliphatic rings. The van der Waals surface area contributed by atoms with Crippen molar-refractivity contribution >= 4 is 83.1 Å². The highest BCUT2D eigenvalue weighted by Crippen LogP contribution is 2.26. The third kappa shape index (κ3) is 8.19. The van der Waals surface area contributed by atoms with Crippen LogP contribution in [0.25, 0.3) is 10.9 Å². The monoisotopic (exact) mass is 569 g/mol. The predicted molar refractivity (Wildman–Crippen MR) is 153 cm³/mol. The van der Waals surface area contributed by atoms with Crippen molar-refractivity contribution < 1.29 is 19.5 Å². The number of hydrogen-bond acceptors (Lipinski definition) is 6. The summed E-state index contributed by atoms with van der Waals surface area (Å²) in [5.74, 6) is -0.767. The van der Waals surface area contributed by atoms with Crippen LogP contribution in [-0.4, -0.2) is 65.5 Å². The maximum atomic E-state index is 12.4. The normalized spacial score (nSPS) is 13.0. The van der Waals surface area contributed by atoms with Gasteiger partial charge in [0.1, 0.15) is 5.82 Å². The van der Waals surface area contributed by atoms with Crippen LogP contribution in [0.3, 0.4) is 0 Å². The second kappa shape index (κ2) is 14.0. The zero-order chi connectivity index (χ0) is 24.2. The van der Waals surface area contributed by atoms with E-state index in [2.05, 4.69) is 20.5 Å². The molecule has 4 rings (SSSR count). The van der Waals surface area contributed by atoms with Crippen LogP contribution >= 0.6 is 37.2 Å². The lowest BCUT2D eigenvalue weighted by Crippen LogP contribution is -2.49. The molecule has 2 amide bonds. The third-order valence-electron chi connectivity index (χ3n) is 5.74. The van der Waals surface area contributed by atoms with Crippen LogP contribution in [0.2, 0.25) is 0 Å². The van der Waals surface area contributed by atoms with Gasteiger partial charge in [-0.1, -0.05) is 17.7 Å². The number of pyridine rings is 1. The number of amides is 2. The molecule has 3 aromatic rings. The number of piperazine rings is 1. The molecule has 0 unspecified atom stereocenters. The highest BCUT2D eigenvalue weighted by atomic mass is 35.5. The molecule has 9 nitrogen and oxygen atoms in total. The molecule has 0 bridgehead atoms. The number of benzene rings is 2. The van der Waals surface area contributed by atoms with Crippen LogP contribution in [0.1, 0.15) is 22.8 Å². The van der Waals surface area contributed by atoms with E-state index in [9.17, 15) is 19.5 Å². The molecule has 0 atom stereocenters. The number of anilines is 3. The number of aromatic carboxylic acids is 1. The van der Waals surface area contributed by atoms with Crippen molar-refractivity contribution in [2.24, 2.45) is 0 Å². The van der Waals surface area contributed by atoms with Gasteiger partial charge in [0.2, 0.25) is 11.8 Å². The lowest BCUT2D eigenvalue weighted by Gasteiger charge is -2.35. The van der Waals surface area contributed by atoms with E-state index in [1.54, 1.807) is 24.3 Å². The molecular weight excluding hydrogens is 541 g/mol. The number of nitrogens with zero attached hydrogens (tertiary/aromatic N) is 3. The van der Waals surface area contributed by atoms with Gasteiger partial charge in [0.05, 0.1) is 17.6 Å². The van der Waals surface area contributed by atoms with E-state index in [-0.39, 0.29) is 54.6 Å². The Labute approximate surface area is 233 Å². The largest absolute Gasteiger partial charge is 0.478 e. The minimum absolute atomic E-state index is 0. The van der Waals surface area contributed by atoms with Crippen molar-refractivity contribution in [2.45, 2.75) is 13.8 Å². The van der Waals surface area contributed by atoms with Crippen LogP contribution in [-0.2, 0) is 9.59 Å². The zero-order valence-corrected chi connectivity index (χ0v) is 22.8. The topological polar surface area (TPSA) is 115 Å². The molecule has 12 heteroatoms. The Balaban J connectivity index is 0.00000228. The summed E-state index contributed by atoms with van der Waals surface area (Å²) in [4.78, 5) is 44.5. The van der Waals surface area contributed by atoms with Crippen LogP contribution in [0.15, 0.2) is 48.5 Å². The van der Waals surface area contributed by atoms with Crippen LogP contribution in [0.4, 0.5) is 17.2 Å². The van der Waals surface area contributed by atoms with Gasteiger partial charge in [0.25, 0.3) is 0 Å². The second-order valence-electron chi connectivity index (χ2n) is 8.42. The van der Waals surface area contributed by atoms with E-state index in [0.29, 0.717) is 55.1 Å². The molecule has 2 aromatic carbocycles. The van der Waals surface area contributed by atoms with Gasteiger partial charge in [-0.25, -0.2) is 9.78 Å². The van der Waals surface area contributed by atoms with Crippen LogP contribution in [0, 0.1) is 6.92 Å². The van der Waals surface area contributed by atoms with E-state index in [1.807, 2.05) is 36.1 Å². The Morgan fingerprint density at radius 2 is 1.51 bits per heavy atom. The van der Waals surface area contributed by atoms with Gasteiger partial charge in [-0.3, -0.25) is 14.5 Å². The van der Waals surface area contributed by atoms with Gasteiger partial charge in [-0.05, 0) is 43.3 Å². The Hall–Kier alpha value is -3.11. The highest BCUT2D eigenvalue weighted by Gasteiger charge is 2.22. The fourth-order valence-corrected chi connectivity index (χ4v) is 4.01. The van der Waals surface area contributed by atoms with E-state index in [0.717, 1.165) is 11.3 Å². The first-order valence-corrected chi connectivity index (χ1v) is 11.1. The van der Waals surface area contributed by atoms with Gasteiger partial charge in [0.15, 0.2) is 0 Å². The fourth-order valence-electron chi connectivity index (χ4n) is 4.01. The number of aromatic nitrogens is 1. The number of hydrogen-bond donors (Lipinski definition) is 3. The van der Waals surface area contributed by atoms with Crippen molar-refractivity contribution in [3.05, 3.63) is 59.7 Å². The Morgan fingerprint density at radius 3 is 2.11 bits per heavy atom. The second-order valence-corrected chi connectivity index (χ2v) is 8.42. The average molecular weight is 571 g/mol. The number of rotatable bonds is 6. The maximum Gasteiger partial charge on any atom is 0.336 e. The van der Waals surface area contributed by atoms with Gasteiger partial charge < -0.3 is 20.6 Å². The number of carbonyl (C=O) groups excluding carboxylic acids is 2. The molecule has 0 radical (unpaired) electrons. The average Bonchev–Trinajstić information content (AvgIpc) is 2.80. The third-order valence-corrected chi connectivity index (χ3v) is 5.74. The van der Waals surface area contributed by atoms with Gasteiger partial charge in [-0.15, -0.1) is 37.2 Å². The first-order valence-electron chi connectivity index (χ1n) is 11.1. The number of carboxylic acid groups (broad SMARTS) is 1. The van der Waals surface area contributed by atoms with E-state index < -0.39 is 5.97 Å². The zero-order valence-electron chi connectivity index (χ0n) is 20.4. The molecule has 0 saturated carbocycles. The molecule has 1 aromatic heterocycles. The summed E-state index contributed by atoms with van der Waals surface area (Å²) in [5.41, 5.74) is 3.11. The fraction of sp³-hybridized carbons (Fsp3) is 0.280. The Bertz CT molecular complexity index is 1250. The number of halogens is 3. The van der Waals surface area contributed by atoms with E-state index in [4.69, 9.17) is 0 Å². The highest BCUT2D eigenvalue weighted by molar-refractivity contribution is 6.05. The van der Waals surface area contributed by atoms with Gasteiger partial charge in [0, 0.05) is 49.9 Å². The lowest BCUT2D eigenvalue weighted by molar-refractivity contribution is -0.117. The molecule has 3 N–H and O–H groups in total. The molecule has 1 fully saturated rings. The lowest BCUT2D eigenvalue weighted by atomic mass is 10.1. The predicted octanol–water partition coefficient (Wildman–Crippen LogP) is 4.23. The number of nitrogens with one attached hydrogen (secondary N) is 2.